The van der Waals surface area contributed by atoms with Crippen LogP contribution in [0.15, 0.2) is 40.9 Å². The first-order chi connectivity index (χ1) is 9.51. The number of halogens is 3. The van der Waals surface area contributed by atoms with Gasteiger partial charge in [0.2, 0.25) is 0 Å². The van der Waals surface area contributed by atoms with Gasteiger partial charge in [0.15, 0.2) is 0 Å². The molecule has 0 heterocycles. The third kappa shape index (κ3) is 3.44. The molecule has 0 aliphatic rings. The van der Waals surface area contributed by atoms with Crippen molar-refractivity contribution in [2.75, 3.05) is 7.05 Å². The van der Waals surface area contributed by atoms with E-state index in [9.17, 15) is 8.78 Å². The van der Waals surface area contributed by atoms with Gasteiger partial charge in [0.05, 0.1) is 0 Å². The molecular formula is C16H16BrF2N. The van der Waals surface area contributed by atoms with Crippen molar-refractivity contribution in [3.05, 3.63) is 69.2 Å². The Bertz CT molecular complexity index is 613. The summed E-state index contributed by atoms with van der Waals surface area (Å²) in [6, 6.07) is 9.62. The summed E-state index contributed by atoms with van der Waals surface area (Å²) in [5, 5.41) is 3.11. The van der Waals surface area contributed by atoms with Gasteiger partial charge in [-0.25, -0.2) is 8.78 Å². The Morgan fingerprint density at radius 2 is 1.90 bits per heavy atom. The van der Waals surface area contributed by atoms with Crippen LogP contribution < -0.4 is 5.32 Å². The van der Waals surface area contributed by atoms with Gasteiger partial charge in [0, 0.05) is 16.1 Å². The number of aryl methyl sites for hydroxylation is 1. The second kappa shape index (κ2) is 6.46. The Kier molecular flexibility index (Phi) is 4.89. The molecule has 106 valence electrons. The van der Waals surface area contributed by atoms with Crippen LogP contribution in [0.1, 0.15) is 22.7 Å². The standard InChI is InChI=1S/C16H16BrF2N/c1-10-3-6-13(15(19)7-10)16(20-2)8-11-4-5-12(18)9-14(11)17/h3-7,9,16,20H,8H2,1-2H3. The van der Waals surface area contributed by atoms with E-state index < -0.39 is 0 Å². The number of nitrogens with one attached hydrogen (secondary N) is 1. The summed E-state index contributed by atoms with van der Waals surface area (Å²) in [5.41, 5.74) is 2.45. The number of likely N-dealkylation sites (N-methyl/N-ethyl adjacent to an activating group) is 1. The fourth-order valence-electron chi connectivity index (χ4n) is 2.19. The first kappa shape index (κ1) is 15.1. The fourth-order valence-corrected chi connectivity index (χ4v) is 2.70. The van der Waals surface area contributed by atoms with Crippen LogP contribution >= 0.6 is 15.9 Å². The minimum absolute atomic E-state index is 0.155. The van der Waals surface area contributed by atoms with Gasteiger partial charge in [-0.2, -0.15) is 0 Å². The lowest BCUT2D eigenvalue weighted by Gasteiger charge is -2.18. The Morgan fingerprint density at radius 1 is 1.15 bits per heavy atom. The Hall–Kier alpha value is -1.26. The van der Waals surface area contributed by atoms with Gasteiger partial charge in [-0.1, -0.05) is 34.1 Å². The summed E-state index contributed by atoms with van der Waals surface area (Å²) >= 11 is 3.35. The van der Waals surface area contributed by atoms with E-state index in [0.29, 0.717) is 16.5 Å². The topological polar surface area (TPSA) is 12.0 Å². The maximum absolute atomic E-state index is 14.0. The van der Waals surface area contributed by atoms with E-state index in [-0.39, 0.29) is 17.7 Å². The van der Waals surface area contributed by atoms with Crippen LogP contribution in [-0.4, -0.2) is 7.05 Å². The number of benzene rings is 2. The molecule has 2 rings (SSSR count). The lowest BCUT2D eigenvalue weighted by atomic mass is 9.97. The molecule has 0 radical (unpaired) electrons. The van der Waals surface area contributed by atoms with Crippen molar-refractivity contribution in [2.45, 2.75) is 19.4 Å². The van der Waals surface area contributed by atoms with Crippen LogP contribution in [0.25, 0.3) is 0 Å². The fraction of sp³-hybridized carbons (Fsp3) is 0.250. The average Bonchev–Trinajstić information content (AvgIpc) is 2.39. The minimum atomic E-state index is -0.289. The largest absolute Gasteiger partial charge is 0.313 e. The SMILES string of the molecule is CNC(Cc1ccc(F)cc1Br)c1ccc(C)cc1F. The molecule has 20 heavy (non-hydrogen) atoms. The quantitative estimate of drug-likeness (QED) is 0.862. The van der Waals surface area contributed by atoms with E-state index >= 15 is 0 Å². The molecule has 0 amide bonds. The molecule has 0 fully saturated rings. The van der Waals surface area contributed by atoms with Gasteiger partial charge in [-0.15, -0.1) is 0 Å². The summed E-state index contributed by atoms with van der Waals surface area (Å²) in [4.78, 5) is 0. The highest BCUT2D eigenvalue weighted by Gasteiger charge is 2.16. The molecular weight excluding hydrogens is 324 g/mol. The van der Waals surface area contributed by atoms with Crippen molar-refractivity contribution in [3.63, 3.8) is 0 Å². The van der Waals surface area contributed by atoms with E-state index in [0.717, 1.165) is 11.1 Å². The zero-order valence-electron chi connectivity index (χ0n) is 11.4. The summed E-state index contributed by atoms with van der Waals surface area (Å²) < 4.78 is 27.8. The lowest BCUT2D eigenvalue weighted by Crippen LogP contribution is -2.20. The van der Waals surface area contributed by atoms with Gasteiger partial charge in [0.25, 0.3) is 0 Å². The molecule has 0 saturated heterocycles. The van der Waals surface area contributed by atoms with Crippen LogP contribution in [0.5, 0.6) is 0 Å². The predicted molar refractivity (Wildman–Crippen MR) is 80.7 cm³/mol. The van der Waals surface area contributed by atoms with Crippen molar-refractivity contribution in [2.24, 2.45) is 0 Å². The van der Waals surface area contributed by atoms with Gasteiger partial charge >= 0.3 is 0 Å². The number of rotatable bonds is 4. The van der Waals surface area contributed by atoms with Crippen LogP contribution in [0, 0.1) is 18.6 Å². The molecule has 4 heteroatoms. The second-order valence-corrected chi connectivity index (χ2v) is 5.66. The molecule has 1 atom stereocenters. The molecule has 0 aromatic heterocycles. The highest BCUT2D eigenvalue weighted by Crippen LogP contribution is 2.26. The molecule has 1 N–H and O–H groups in total. The summed E-state index contributed by atoms with van der Waals surface area (Å²) in [7, 11) is 1.79. The van der Waals surface area contributed by atoms with Gasteiger partial charge in [0.1, 0.15) is 11.6 Å². The minimum Gasteiger partial charge on any atom is -0.313 e. The first-order valence-corrected chi connectivity index (χ1v) is 7.18. The average molecular weight is 340 g/mol. The summed E-state index contributed by atoms with van der Waals surface area (Å²) in [6.07, 6.45) is 0.581. The van der Waals surface area contributed by atoms with E-state index in [2.05, 4.69) is 21.2 Å². The van der Waals surface area contributed by atoms with Crippen LogP contribution in [0.2, 0.25) is 0 Å². The van der Waals surface area contributed by atoms with Crippen LogP contribution in [-0.2, 0) is 6.42 Å². The molecule has 0 bridgehead atoms. The lowest BCUT2D eigenvalue weighted by molar-refractivity contribution is 0.532. The van der Waals surface area contributed by atoms with Crippen molar-refractivity contribution in [1.29, 1.82) is 0 Å². The molecule has 0 aliphatic heterocycles. The van der Waals surface area contributed by atoms with Gasteiger partial charge in [-0.3, -0.25) is 0 Å². The first-order valence-electron chi connectivity index (χ1n) is 6.38. The summed E-state index contributed by atoms with van der Waals surface area (Å²) in [6.45, 7) is 1.86. The normalized spacial score (nSPS) is 12.4. The third-order valence-corrected chi connectivity index (χ3v) is 4.06. The molecule has 2 aromatic rings. The highest BCUT2D eigenvalue weighted by atomic mass is 79.9. The molecule has 2 aromatic carbocycles. The number of hydrogen-bond acceptors (Lipinski definition) is 1. The van der Waals surface area contributed by atoms with Crippen molar-refractivity contribution in [3.8, 4) is 0 Å². The number of hydrogen-bond donors (Lipinski definition) is 1. The Morgan fingerprint density at radius 3 is 2.50 bits per heavy atom. The van der Waals surface area contributed by atoms with E-state index in [4.69, 9.17) is 0 Å². The molecule has 1 unspecified atom stereocenters. The maximum Gasteiger partial charge on any atom is 0.128 e. The maximum atomic E-state index is 14.0. The van der Waals surface area contributed by atoms with E-state index in [1.165, 1.54) is 18.2 Å². The molecule has 1 nitrogen and oxygen atoms in total. The van der Waals surface area contributed by atoms with Gasteiger partial charge < -0.3 is 5.32 Å². The molecule has 0 saturated carbocycles. The Labute approximate surface area is 126 Å². The molecule has 0 aliphatic carbocycles. The van der Waals surface area contributed by atoms with Crippen LogP contribution in [0.3, 0.4) is 0 Å². The third-order valence-electron chi connectivity index (χ3n) is 3.32. The van der Waals surface area contributed by atoms with Crippen molar-refractivity contribution >= 4 is 15.9 Å². The molecule has 0 spiro atoms. The zero-order valence-corrected chi connectivity index (χ0v) is 13.0. The Balaban J connectivity index is 2.28. The van der Waals surface area contributed by atoms with E-state index in [1.54, 1.807) is 19.2 Å². The predicted octanol–water partition coefficient (Wildman–Crippen LogP) is 4.54. The highest BCUT2D eigenvalue weighted by molar-refractivity contribution is 9.10. The van der Waals surface area contributed by atoms with Crippen LogP contribution in [0.4, 0.5) is 8.78 Å². The summed E-state index contributed by atoms with van der Waals surface area (Å²) in [5.74, 6) is -0.509. The van der Waals surface area contributed by atoms with Crippen molar-refractivity contribution in [1.82, 2.24) is 5.32 Å². The zero-order chi connectivity index (χ0) is 14.7. The van der Waals surface area contributed by atoms with Gasteiger partial charge in [-0.05, 0) is 49.7 Å². The smallest absolute Gasteiger partial charge is 0.128 e. The monoisotopic (exact) mass is 339 g/mol. The van der Waals surface area contributed by atoms with Crippen molar-refractivity contribution < 1.29 is 8.78 Å². The van der Waals surface area contributed by atoms with E-state index in [1.807, 2.05) is 13.0 Å². The second-order valence-electron chi connectivity index (χ2n) is 4.81.